The quantitative estimate of drug-likeness (QED) is 0.640. The minimum absolute atomic E-state index is 0.422. The van der Waals surface area contributed by atoms with E-state index >= 15 is 0 Å². The summed E-state index contributed by atoms with van der Waals surface area (Å²) in [6.07, 6.45) is 7.57. The molecular weight excluding hydrogens is 174 g/mol. The Hall–Kier alpha value is -0.0800. The van der Waals surface area contributed by atoms with Gasteiger partial charge in [0.2, 0.25) is 0 Å². The van der Waals surface area contributed by atoms with Gasteiger partial charge in [0, 0.05) is 18.6 Å². The standard InChI is InChI=1S/C12H23NO/c1-10-11(2)14-9-8-13(10)12-6-4-3-5-7-12/h10-12H,3-9H2,1-2H3. The number of hydrogen-bond donors (Lipinski definition) is 0. The fourth-order valence-electron chi connectivity index (χ4n) is 2.88. The van der Waals surface area contributed by atoms with Gasteiger partial charge in [0.15, 0.2) is 0 Å². The van der Waals surface area contributed by atoms with Crippen LogP contribution < -0.4 is 0 Å². The van der Waals surface area contributed by atoms with Crippen molar-refractivity contribution in [2.45, 2.75) is 64.1 Å². The van der Waals surface area contributed by atoms with Gasteiger partial charge in [0.1, 0.15) is 0 Å². The van der Waals surface area contributed by atoms with Crippen molar-refractivity contribution in [1.82, 2.24) is 4.90 Å². The summed E-state index contributed by atoms with van der Waals surface area (Å²) < 4.78 is 5.67. The molecule has 0 aromatic rings. The molecule has 2 fully saturated rings. The Bertz CT molecular complexity index is 177. The van der Waals surface area contributed by atoms with Gasteiger partial charge >= 0.3 is 0 Å². The average molecular weight is 197 g/mol. The molecule has 1 saturated carbocycles. The van der Waals surface area contributed by atoms with E-state index in [0.29, 0.717) is 12.1 Å². The van der Waals surface area contributed by atoms with Crippen LogP contribution in [0, 0.1) is 0 Å². The van der Waals surface area contributed by atoms with Crippen LogP contribution in [0.25, 0.3) is 0 Å². The lowest BCUT2D eigenvalue weighted by Crippen LogP contribution is -2.53. The highest BCUT2D eigenvalue weighted by atomic mass is 16.5. The van der Waals surface area contributed by atoms with Crippen LogP contribution in [0.5, 0.6) is 0 Å². The minimum atomic E-state index is 0.422. The second-order valence-corrected chi connectivity index (χ2v) is 4.85. The summed E-state index contributed by atoms with van der Waals surface area (Å²) in [7, 11) is 0. The van der Waals surface area contributed by atoms with Crippen molar-refractivity contribution in [3.8, 4) is 0 Å². The summed E-state index contributed by atoms with van der Waals surface area (Å²) in [6, 6.07) is 1.47. The van der Waals surface area contributed by atoms with Gasteiger partial charge in [0.25, 0.3) is 0 Å². The summed E-state index contributed by atoms with van der Waals surface area (Å²) in [5.41, 5.74) is 0. The van der Waals surface area contributed by atoms with Crippen LogP contribution in [-0.4, -0.2) is 36.2 Å². The largest absolute Gasteiger partial charge is 0.376 e. The molecule has 2 nitrogen and oxygen atoms in total. The van der Waals surface area contributed by atoms with Gasteiger partial charge in [-0.1, -0.05) is 19.3 Å². The number of rotatable bonds is 1. The molecule has 2 aliphatic rings. The molecule has 0 aromatic heterocycles. The normalized spacial score (nSPS) is 37.3. The van der Waals surface area contributed by atoms with Crippen molar-refractivity contribution in [2.24, 2.45) is 0 Å². The fraction of sp³-hybridized carbons (Fsp3) is 1.00. The first-order valence-corrected chi connectivity index (χ1v) is 6.16. The van der Waals surface area contributed by atoms with Crippen LogP contribution >= 0.6 is 0 Å². The molecular formula is C12H23NO. The summed E-state index contributed by atoms with van der Waals surface area (Å²) >= 11 is 0. The average Bonchev–Trinajstić information content (AvgIpc) is 2.23. The van der Waals surface area contributed by atoms with E-state index in [1.165, 1.54) is 32.1 Å². The first-order valence-electron chi connectivity index (χ1n) is 6.16. The third-order valence-corrected chi connectivity index (χ3v) is 3.98. The number of morpholine rings is 1. The van der Waals surface area contributed by atoms with E-state index in [9.17, 15) is 0 Å². The molecule has 0 amide bonds. The molecule has 2 atom stereocenters. The highest BCUT2D eigenvalue weighted by molar-refractivity contribution is 4.84. The maximum Gasteiger partial charge on any atom is 0.0700 e. The van der Waals surface area contributed by atoms with Crippen LogP contribution in [0.2, 0.25) is 0 Å². The number of hydrogen-bond acceptors (Lipinski definition) is 2. The Morgan fingerprint density at radius 2 is 1.79 bits per heavy atom. The van der Waals surface area contributed by atoms with Crippen molar-refractivity contribution in [1.29, 1.82) is 0 Å². The molecule has 0 aromatic carbocycles. The van der Waals surface area contributed by atoms with Crippen LogP contribution in [0.3, 0.4) is 0 Å². The van der Waals surface area contributed by atoms with Crippen molar-refractivity contribution < 1.29 is 4.74 Å². The van der Waals surface area contributed by atoms with Crippen molar-refractivity contribution in [3.05, 3.63) is 0 Å². The van der Waals surface area contributed by atoms with Crippen molar-refractivity contribution in [3.63, 3.8) is 0 Å². The van der Waals surface area contributed by atoms with Crippen molar-refractivity contribution in [2.75, 3.05) is 13.2 Å². The lowest BCUT2D eigenvalue weighted by atomic mass is 9.92. The zero-order valence-corrected chi connectivity index (χ0v) is 9.54. The lowest BCUT2D eigenvalue weighted by Gasteiger charge is -2.44. The third kappa shape index (κ3) is 2.12. The van der Waals surface area contributed by atoms with Gasteiger partial charge in [-0.05, 0) is 26.7 Å². The number of nitrogens with zero attached hydrogens (tertiary/aromatic N) is 1. The molecule has 0 spiro atoms. The second-order valence-electron chi connectivity index (χ2n) is 4.85. The minimum Gasteiger partial charge on any atom is -0.376 e. The summed E-state index contributed by atoms with van der Waals surface area (Å²) in [5, 5.41) is 0. The summed E-state index contributed by atoms with van der Waals surface area (Å²) in [4.78, 5) is 2.69. The summed E-state index contributed by atoms with van der Waals surface area (Å²) in [6.45, 7) is 6.61. The first-order chi connectivity index (χ1) is 6.79. The highest BCUT2D eigenvalue weighted by Crippen LogP contribution is 2.26. The Morgan fingerprint density at radius 1 is 1.07 bits per heavy atom. The smallest absolute Gasteiger partial charge is 0.0700 e. The Balaban J connectivity index is 1.93. The molecule has 1 heterocycles. The van der Waals surface area contributed by atoms with Gasteiger partial charge in [-0.15, -0.1) is 0 Å². The van der Waals surface area contributed by atoms with Gasteiger partial charge < -0.3 is 4.74 Å². The van der Waals surface area contributed by atoms with Crippen LogP contribution in [-0.2, 0) is 4.74 Å². The molecule has 14 heavy (non-hydrogen) atoms. The van der Waals surface area contributed by atoms with Crippen LogP contribution in [0.1, 0.15) is 46.0 Å². The van der Waals surface area contributed by atoms with E-state index in [1.54, 1.807) is 0 Å². The second kappa shape index (κ2) is 4.63. The molecule has 82 valence electrons. The Morgan fingerprint density at radius 3 is 2.50 bits per heavy atom. The SMILES string of the molecule is CC1OCCN(C2CCCCC2)C1C. The lowest BCUT2D eigenvalue weighted by molar-refractivity contribution is -0.0763. The maximum absolute atomic E-state index is 5.67. The highest BCUT2D eigenvalue weighted by Gasteiger charge is 2.31. The maximum atomic E-state index is 5.67. The Kier molecular flexibility index (Phi) is 3.45. The number of ether oxygens (including phenoxy) is 1. The van der Waals surface area contributed by atoms with Crippen LogP contribution in [0.4, 0.5) is 0 Å². The van der Waals surface area contributed by atoms with E-state index in [-0.39, 0.29) is 0 Å². The zero-order chi connectivity index (χ0) is 9.97. The van der Waals surface area contributed by atoms with E-state index in [0.717, 1.165) is 19.2 Å². The zero-order valence-electron chi connectivity index (χ0n) is 9.54. The molecule has 1 aliphatic carbocycles. The van der Waals surface area contributed by atoms with E-state index in [1.807, 2.05) is 0 Å². The topological polar surface area (TPSA) is 12.5 Å². The van der Waals surface area contributed by atoms with Crippen LogP contribution in [0.15, 0.2) is 0 Å². The van der Waals surface area contributed by atoms with E-state index in [2.05, 4.69) is 18.7 Å². The van der Waals surface area contributed by atoms with Gasteiger partial charge in [-0.2, -0.15) is 0 Å². The third-order valence-electron chi connectivity index (χ3n) is 3.98. The first kappa shape index (κ1) is 10.4. The van der Waals surface area contributed by atoms with E-state index < -0.39 is 0 Å². The molecule has 2 unspecified atom stereocenters. The predicted molar refractivity (Wildman–Crippen MR) is 58.5 cm³/mol. The fourth-order valence-corrected chi connectivity index (χ4v) is 2.88. The summed E-state index contributed by atoms with van der Waals surface area (Å²) in [5.74, 6) is 0. The molecule has 1 saturated heterocycles. The molecule has 2 rings (SSSR count). The van der Waals surface area contributed by atoms with Crippen molar-refractivity contribution >= 4 is 0 Å². The van der Waals surface area contributed by atoms with E-state index in [4.69, 9.17) is 4.74 Å². The molecule has 2 heteroatoms. The van der Waals surface area contributed by atoms with Gasteiger partial charge in [0.05, 0.1) is 12.7 Å². The Labute approximate surface area is 87.6 Å². The monoisotopic (exact) mass is 197 g/mol. The molecule has 0 bridgehead atoms. The predicted octanol–water partition coefficient (Wildman–Crippen LogP) is 2.43. The van der Waals surface area contributed by atoms with Gasteiger partial charge in [-0.3, -0.25) is 4.90 Å². The molecule has 1 aliphatic heterocycles. The van der Waals surface area contributed by atoms with Gasteiger partial charge in [-0.25, -0.2) is 0 Å². The molecule has 0 radical (unpaired) electrons. The molecule has 0 N–H and O–H groups in total.